The molecule has 0 atom stereocenters. The molecule has 0 unspecified atom stereocenters. The molecule has 0 saturated carbocycles. The zero-order valence-electron chi connectivity index (χ0n) is 22.7. The molecular weight excluding hydrogens is 471 g/mol. The zero-order chi connectivity index (χ0) is 25.5. The van der Waals surface area contributed by atoms with Crippen molar-refractivity contribution in [1.82, 2.24) is 0 Å². The minimum atomic E-state index is 0.880. The summed E-state index contributed by atoms with van der Waals surface area (Å²) in [5.74, 6) is 0. The van der Waals surface area contributed by atoms with Crippen LogP contribution in [0.5, 0.6) is 0 Å². The first-order valence-corrected chi connectivity index (χ1v) is 15.1. The van der Waals surface area contributed by atoms with Crippen LogP contribution in [0.1, 0.15) is 102 Å². The Bertz CT molecular complexity index is 965. The normalized spacial score (nSPS) is 13.2. The van der Waals surface area contributed by atoms with E-state index in [0.29, 0.717) is 0 Å². The topological polar surface area (TPSA) is 25.3 Å². The second-order valence-electron chi connectivity index (χ2n) is 9.15. The van der Waals surface area contributed by atoms with Crippen molar-refractivity contribution in [3.8, 4) is 0 Å². The van der Waals surface area contributed by atoms with Crippen molar-refractivity contribution in [2.24, 2.45) is 0 Å². The molecule has 2 aromatic carbocycles. The van der Waals surface area contributed by atoms with Crippen molar-refractivity contribution < 1.29 is 19.1 Å². The molecule has 1 aliphatic heterocycles. The Labute approximate surface area is 221 Å². The second-order valence-corrected chi connectivity index (χ2v) is 10.6. The molecule has 2 aromatic rings. The van der Waals surface area contributed by atoms with Crippen LogP contribution < -0.4 is 0 Å². The fourth-order valence-electron chi connectivity index (χ4n) is 4.09. The third kappa shape index (κ3) is 9.19. The Hall–Kier alpha value is -1.99. The summed E-state index contributed by atoms with van der Waals surface area (Å²) >= 11 is 1.90. The molecule has 0 spiro atoms. The van der Waals surface area contributed by atoms with Gasteiger partial charge in [-0.05, 0) is 67.5 Å². The van der Waals surface area contributed by atoms with Crippen molar-refractivity contribution in [2.45, 2.75) is 103 Å². The third-order valence-electron chi connectivity index (χ3n) is 6.07. The summed E-state index contributed by atoms with van der Waals surface area (Å²) in [7, 11) is 0. The van der Waals surface area contributed by atoms with E-state index in [9.17, 15) is 5.53 Å². The SMILES string of the molecule is CCCCC1=C(c2cccc(CC)c2)[N+](=[N-])C(c2ccc(CCCC)cc2)=C1.CC[CH2][Ni][CH2]CC. The summed E-state index contributed by atoms with van der Waals surface area (Å²) in [6.45, 7) is 11.1. The average Bonchev–Trinajstić information content (AvgIpc) is 3.23. The Morgan fingerprint density at radius 1 is 0.714 bits per heavy atom. The number of rotatable bonds is 13. The molecule has 1 aliphatic rings. The van der Waals surface area contributed by atoms with Gasteiger partial charge in [-0.3, -0.25) is 0 Å². The molecule has 0 radical (unpaired) electrons. The van der Waals surface area contributed by atoms with E-state index in [2.05, 4.69) is 89.2 Å². The quantitative estimate of drug-likeness (QED) is 0.144. The van der Waals surface area contributed by atoms with Crippen molar-refractivity contribution in [1.29, 1.82) is 0 Å². The van der Waals surface area contributed by atoms with E-state index in [0.717, 1.165) is 54.6 Å². The third-order valence-corrected chi connectivity index (χ3v) is 7.76. The van der Waals surface area contributed by atoms with Gasteiger partial charge in [-0.15, -0.1) is 0 Å². The molecule has 0 bridgehead atoms. The summed E-state index contributed by atoms with van der Waals surface area (Å²) in [5, 5.41) is 2.72. The van der Waals surface area contributed by atoms with Gasteiger partial charge in [0.05, 0.1) is 0 Å². The molecule has 0 fully saturated rings. The van der Waals surface area contributed by atoms with Gasteiger partial charge in [0.15, 0.2) is 0 Å². The van der Waals surface area contributed by atoms with E-state index in [-0.39, 0.29) is 0 Å². The van der Waals surface area contributed by atoms with Crippen LogP contribution in [0.2, 0.25) is 10.8 Å². The molecule has 0 saturated heterocycles. The molecular formula is C32H46N2Ni. The van der Waals surface area contributed by atoms with E-state index >= 15 is 0 Å². The molecule has 0 aromatic heterocycles. The number of aryl methyl sites for hydroxylation is 2. The molecule has 0 N–H and O–H groups in total. The van der Waals surface area contributed by atoms with Gasteiger partial charge in [0.2, 0.25) is 11.4 Å². The van der Waals surface area contributed by atoms with E-state index in [1.165, 1.54) is 57.9 Å². The second kappa shape index (κ2) is 16.6. The minimum absolute atomic E-state index is 0.880. The van der Waals surface area contributed by atoms with Crippen LogP contribution >= 0.6 is 0 Å². The van der Waals surface area contributed by atoms with Crippen LogP contribution in [0.4, 0.5) is 0 Å². The molecule has 1 heterocycles. The molecule has 194 valence electrons. The number of hydrogen-bond acceptors (Lipinski definition) is 0. The number of allylic oxidation sites excluding steroid dienone is 2. The van der Waals surface area contributed by atoms with Crippen LogP contribution in [0.25, 0.3) is 16.9 Å². The summed E-state index contributed by atoms with van der Waals surface area (Å²) < 4.78 is 1.40. The van der Waals surface area contributed by atoms with Gasteiger partial charge in [0.1, 0.15) is 0 Å². The fourth-order valence-corrected chi connectivity index (χ4v) is 5.03. The molecule has 2 nitrogen and oxygen atoms in total. The average molecular weight is 517 g/mol. The summed E-state index contributed by atoms with van der Waals surface area (Å²) in [6.07, 6.45) is 12.6. The first-order valence-electron chi connectivity index (χ1n) is 13.7. The van der Waals surface area contributed by atoms with Gasteiger partial charge in [0.25, 0.3) is 0 Å². The Morgan fingerprint density at radius 2 is 1.37 bits per heavy atom. The van der Waals surface area contributed by atoms with E-state index in [1.807, 2.05) is 14.4 Å². The summed E-state index contributed by atoms with van der Waals surface area (Å²) in [6, 6.07) is 17.2. The van der Waals surface area contributed by atoms with E-state index < -0.39 is 0 Å². The number of benzene rings is 2. The van der Waals surface area contributed by atoms with Crippen LogP contribution in [-0.2, 0) is 27.3 Å². The van der Waals surface area contributed by atoms with Gasteiger partial charge in [-0.25, -0.2) is 4.70 Å². The molecule has 0 amide bonds. The van der Waals surface area contributed by atoms with E-state index in [4.69, 9.17) is 0 Å². The zero-order valence-corrected chi connectivity index (χ0v) is 23.7. The monoisotopic (exact) mass is 516 g/mol. The van der Waals surface area contributed by atoms with Crippen LogP contribution in [0.3, 0.4) is 0 Å². The summed E-state index contributed by atoms with van der Waals surface area (Å²) in [5.41, 5.74) is 19.0. The van der Waals surface area contributed by atoms with Gasteiger partial charge in [-0.1, -0.05) is 57.9 Å². The molecule has 35 heavy (non-hydrogen) atoms. The Morgan fingerprint density at radius 3 is 1.97 bits per heavy atom. The van der Waals surface area contributed by atoms with Crippen molar-refractivity contribution in [3.05, 3.63) is 88.0 Å². The molecule has 3 heteroatoms. The predicted molar refractivity (Wildman–Crippen MR) is 149 cm³/mol. The maximum absolute atomic E-state index is 11.1. The first-order chi connectivity index (χ1) is 17.1. The van der Waals surface area contributed by atoms with Gasteiger partial charge < -0.3 is 5.53 Å². The van der Waals surface area contributed by atoms with Gasteiger partial charge in [-0.2, -0.15) is 0 Å². The Balaban J connectivity index is 0.000000540. The fraction of sp³-hybridized carbons (Fsp3) is 0.500. The number of nitrogens with zero attached hydrogens (tertiary/aromatic N) is 2. The van der Waals surface area contributed by atoms with Crippen molar-refractivity contribution in [2.75, 3.05) is 0 Å². The van der Waals surface area contributed by atoms with Crippen LogP contribution in [0, 0.1) is 0 Å². The van der Waals surface area contributed by atoms with Crippen LogP contribution in [-0.4, -0.2) is 4.70 Å². The van der Waals surface area contributed by atoms with Gasteiger partial charge >= 0.3 is 51.9 Å². The first kappa shape index (κ1) is 29.2. The van der Waals surface area contributed by atoms with Gasteiger partial charge in [0, 0.05) is 22.8 Å². The van der Waals surface area contributed by atoms with Crippen molar-refractivity contribution >= 4 is 11.4 Å². The summed E-state index contributed by atoms with van der Waals surface area (Å²) in [4.78, 5) is 0. The number of unbranched alkanes of at least 4 members (excludes halogenated alkanes) is 2. The maximum atomic E-state index is 11.1. The predicted octanol–water partition coefficient (Wildman–Crippen LogP) is 10.3. The van der Waals surface area contributed by atoms with Crippen molar-refractivity contribution in [3.63, 3.8) is 0 Å². The molecule has 3 rings (SSSR count). The molecule has 0 aliphatic carbocycles. The van der Waals surface area contributed by atoms with E-state index in [1.54, 1.807) is 0 Å². The Kier molecular flexibility index (Phi) is 13.9. The standard InChI is InChI=1S/C26H32N2.2C3H7.Ni/c1-4-7-10-21-14-16-22(17-15-21)25-19-24(12-8-5-2)26(28(25)27)23-13-9-11-20(6-3)18-23;2*1-3-2;/h9,11,13-19H,4-8,10,12H2,1-3H3;2*1,3H2,2H3;. The number of hydrogen-bond donors (Lipinski definition) is 0. The van der Waals surface area contributed by atoms with Crippen LogP contribution in [0.15, 0.2) is 60.2 Å².